The number of nitrogens with zero attached hydrogens (tertiary/aromatic N) is 3. The van der Waals surface area contributed by atoms with Crippen molar-refractivity contribution in [1.82, 2.24) is 9.55 Å². The summed E-state index contributed by atoms with van der Waals surface area (Å²) in [4.78, 5) is 4.01. The fourth-order valence-electron chi connectivity index (χ4n) is 3.68. The quantitative estimate of drug-likeness (QED) is 0.673. The summed E-state index contributed by atoms with van der Waals surface area (Å²) in [7, 11) is 0. The van der Waals surface area contributed by atoms with Crippen molar-refractivity contribution in [2.24, 2.45) is 0 Å². The Labute approximate surface area is 157 Å². The molecular formula is C20H13F4N3O. The molecule has 0 radical (unpaired) electrons. The van der Waals surface area contributed by atoms with Gasteiger partial charge in [-0.25, -0.2) is 9.37 Å². The van der Waals surface area contributed by atoms with Gasteiger partial charge in [-0.1, -0.05) is 18.2 Å². The first-order valence-corrected chi connectivity index (χ1v) is 8.36. The van der Waals surface area contributed by atoms with Gasteiger partial charge in [0.25, 0.3) is 0 Å². The third-order valence-electron chi connectivity index (χ3n) is 5.09. The average Bonchev–Trinajstić information content (AvgIpc) is 3.25. The van der Waals surface area contributed by atoms with Crippen LogP contribution in [0.15, 0.2) is 55.0 Å². The van der Waals surface area contributed by atoms with Crippen LogP contribution in [-0.4, -0.2) is 14.7 Å². The first-order valence-electron chi connectivity index (χ1n) is 8.36. The van der Waals surface area contributed by atoms with Crippen molar-refractivity contribution in [1.29, 1.82) is 5.26 Å². The van der Waals surface area contributed by atoms with Gasteiger partial charge in [0.2, 0.25) is 0 Å². The van der Waals surface area contributed by atoms with E-state index in [1.165, 1.54) is 36.8 Å². The van der Waals surface area contributed by atoms with Gasteiger partial charge in [0, 0.05) is 12.0 Å². The summed E-state index contributed by atoms with van der Waals surface area (Å²) < 4.78 is 54.6. The van der Waals surface area contributed by atoms with Crippen LogP contribution in [0.1, 0.15) is 40.4 Å². The minimum Gasteiger partial charge on any atom is -0.379 e. The van der Waals surface area contributed by atoms with E-state index in [4.69, 9.17) is 5.26 Å². The predicted octanol–water partition coefficient (Wildman–Crippen LogP) is 4.14. The topological polar surface area (TPSA) is 61.8 Å². The van der Waals surface area contributed by atoms with Crippen LogP contribution in [-0.2, 0) is 11.8 Å². The van der Waals surface area contributed by atoms with Gasteiger partial charge in [-0.2, -0.15) is 18.4 Å². The molecule has 28 heavy (non-hydrogen) atoms. The van der Waals surface area contributed by atoms with Gasteiger partial charge in [-0.05, 0) is 29.8 Å². The number of nitriles is 1. The Balaban J connectivity index is 1.76. The van der Waals surface area contributed by atoms with Crippen LogP contribution in [0.3, 0.4) is 0 Å². The molecule has 2 atom stereocenters. The Morgan fingerprint density at radius 1 is 1.18 bits per heavy atom. The minimum atomic E-state index is -4.48. The van der Waals surface area contributed by atoms with Crippen LogP contribution in [0.25, 0.3) is 0 Å². The lowest BCUT2D eigenvalue weighted by atomic mass is 9.86. The number of benzene rings is 2. The first kappa shape index (κ1) is 18.2. The van der Waals surface area contributed by atoms with Crippen molar-refractivity contribution < 1.29 is 22.7 Å². The molecule has 1 N–H and O–H groups in total. The zero-order chi connectivity index (χ0) is 20.1. The standard InChI is InChI=1S/C20H13F4N3O/c21-16-7-12(9-25)1-6-15(16)17-8-19(28,18-10-26-11-27(17)18)13-2-4-14(5-3-13)20(22,23)24/h1-7,10-11,17,28H,8H2. The van der Waals surface area contributed by atoms with Crippen molar-refractivity contribution in [3.8, 4) is 6.07 Å². The molecule has 2 heterocycles. The van der Waals surface area contributed by atoms with E-state index in [0.717, 1.165) is 18.2 Å². The fourth-order valence-corrected chi connectivity index (χ4v) is 3.68. The summed E-state index contributed by atoms with van der Waals surface area (Å²) >= 11 is 0. The molecule has 8 heteroatoms. The molecule has 3 aromatic rings. The van der Waals surface area contributed by atoms with Crippen molar-refractivity contribution in [2.45, 2.75) is 24.2 Å². The summed E-state index contributed by atoms with van der Waals surface area (Å²) in [5.74, 6) is -0.597. The monoisotopic (exact) mass is 387 g/mol. The van der Waals surface area contributed by atoms with E-state index in [-0.39, 0.29) is 23.1 Å². The number of halogens is 4. The molecular weight excluding hydrogens is 374 g/mol. The number of imidazole rings is 1. The lowest BCUT2D eigenvalue weighted by molar-refractivity contribution is -0.137. The molecule has 1 aliphatic rings. The largest absolute Gasteiger partial charge is 0.416 e. The highest BCUT2D eigenvalue weighted by molar-refractivity contribution is 5.41. The van der Waals surface area contributed by atoms with Crippen LogP contribution in [0.2, 0.25) is 0 Å². The Hall–Kier alpha value is -3.18. The van der Waals surface area contributed by atoms with Crippen molar-refractivity contribution in [3.63, 3.8) is 0 Å². The number of hydrogen-bond acceptors (Lipinski definition) is 3. The van der Waals surface area contributed by atoms with Crippen molar-refractivity contribution >= 4 is 0 Å². The second-order valence-corrected chi connectivity index (χ2v) is 6.69. The van der Waals surface area contributed by atoms with E-state index in [9.17, 15) is 22.7 Å². The van der Waals surface area contributed by atoms with Crippen LogP contribution < -0.4 is 0 Å². The van der Waals surface area contributed by atoms with Gasteiger partial charge in [0.05, 0.1) is 41.5 Å². The van der Waals surface area contributed by atoms with E-state index in [1.807, 2.05) is 6.07 Å². The molecule has 2 unspecified atom stereocenters. The third-order valence-corrected chi connectivity index (χ3v) is 5.09. The van der Waals surface area contributed by atoms with Gasteiger partial charge in [-0.3, -0.25) is 0 Å². The summed E-state index contributed by atoms with van der Waals surface area (Å²) in [6.45, 7) is 0. The highest BCUT2D eigenvalue weighted by atomic mass is 19.4. The summed E-state index contributed by atoms with van der Waals surface area (Å²) in [5.41, 5.74) is -1.38. The molecule has 0 fully saturated rings. The van der Waals surface area contributed by atoms with Crippen molar-refractivity contribution in [3.05, 3.63) is 88.8 Å². The van der Waals surface area contributed by atoms with Crippen LogP contribution >= 0.6 is 0 Å². The highest BCUT2D eigenvalue weighted by Crippen LogP contribution is 2.47. The van der Waals surface area contributed by atoms with Gasteiger partial charge in [0.15, 0.2) is 0 Å². The molecule has 0 saturated heterocycles. The maximum atomic E-state index is 14.5. The Kier molecular flexibility index (Phi) is 4.01. The molecule has 0 aliphatic carbocycles. The molecule has 142 valence electrons. The molecule has 1 aliphatic heterocycles. The highest BCUT2D eigenvalue weighted by Gasteiger charge is 2.45. The molecule has 0 spiro atoms. The van der Waals surface area contributed by atoms with Crippen LogP contribution in [0, 0.1) is 17.1 Å². The number of fused-ring (bicyclic) bond motifs is 1. The minimum absolute atomic E-state index is 0.0268. The summed E-state index contributed by atoms with van der Waals surface area (Å²) in [6.07, 6.45) is -1.59. The van der Waals surface area contributed by atoms with Gasteiger partial charge in [0.1, 0.15) is 11.4 Å². The predicted molar refractivity (Wildman–Crippen MR) is 90.5 cm³/mol. The van der Waals surface area contributed by atoms with Gasteiger partial charge < -0.3 is 9.67 Å². The molecule has 4 rings (SSSR count). The number of aromatic nitrogens is 2. The Morgan fingerprint density at radius 2 is 1.89 bits per heavy atom. The molecule has 0 amide bonds. The SMILES string of the molecule is N#Cc1ccc(C2CC(O)(c3ccc(C(F)(F)F)cc3)c3cncn32)c(F)c1. The Bertz CT molecular complexity index is 1080. The van der Waals surface area contributed by atoms with Gasteiger partial charge >= 0.3 is 6.18 Å². The number of hydrogen-bond donors (Lipinski definition) is 1. The average molecular weight is 387 g/mol. The second-order valence-electron chi connectivity index (χ2n) is 6.69. The van der Waals surface area contributed by atoms with E-state index in [1.54, 1.807) is 4.57 Å². The smallest absolute Gasteiger partial charge is 0.379 e. The van der Waals surface area contributed by atoms with E-state index in [0.29, 0.717) is 5.69 Å². The fraction of sp³-hybridized carbons (Fsp3) is 0.200. The molecule has 4 nitrogen and oxygen atoms in total. The zero-order valence-electron chi connectivity index (χ0n) is 14.3. The molecule has 2 aromatic carbocycles. The summed E-state index contributed by atoms with van der Waals surface area (Å²) in [6, 6.07) is 9.56. The Morgan fingerprint density at radius 3 is 2.50 bits per heavy atom. The number of aliphatic hydroxyl groups is 1. The maximum absolute atomic E-state index is 14.5. The molecule has 0 saturated carbocycles. The van der Waals surface area contributed by atoms with E-state index < -0.39 is 29.2 Å². The normalized spacial score (nSPS) is 21.4. The van der Waals surface area contributed by atoms with E-state index in [2.05, 4.69) is 4.98 Å². The second kappa shape index (κ2) is 6.17. The lowest BCUT2D eigenvalue weighted by Crippen LogP contribution is -2.24. The number of rotatable bonds is 2. The zero-order valence-corrected chi connectivity index (χ0v) is 14.3. The van der Waals surface area contributed by atoms with E-state index >= 15 is 0 Å². The number of alkyl halides is 3. The maximum Gasteiger partial charge on any atom is 0.416 e. The summed E-state index contributed by atoms with van der Waals surface area (Å²) in [5, 5.41) is 20.2. The van der Waals surface area contributed by atoms with Crippen LogP contribution in [0.5, 0.6) is 0 Å². The first-order chi connectivity index (χ1) is 13.2. The molecule has 0 bridgehead atoms. The molecule has 1 aromatic heterocycles. The third kappa shape index (κ3) is 2.75. The lowest BCUT2D eigenvalue weighted by Gasteiger charge is -2.24. The van der Waals surface area contributed by atoms with Crippen molar-refractivity contribution in [2.75, 3.05) is 0 Å². The van der Waals surface area contributed by atoms with Crippen LogP contribution in [0.4, 0.5) is 17.6 Å². The van der Waals surface area contributed by atoms with Gasteiger partial charge in [-0.15, -0.1) is 0 Å².